The topological polar surface area (TPSA) is 40.5 Å². The Morgan fingerprint density at radius 3 is 2.55 bits per heavy atom. The Morgan fingerprint density at radius 1 is 1.40 bits per heavy atom. The fraction of sp³-hybridized carbons (Fsp3) is 0.267. The summed E-state index contributed by atoms with van der Waals surface area (Å²) in [5.41, 5.74) is 2.60. The van der Waals surface area contributed by atoms with Gasteiger partial charge < -0.3 is 5.11 Å². The van der Waals surface area contributed by atoms with Gasteiger partial charge in [0.15, 0.2) is 0 Å². The molecule has 2 rings (SSSR count). The maximum Gasteiger partial charge on any atom is 0.335 e. The highest BCUT2D eigenvalue weighted by atomic mass is 35.5. The van der Waals surface area contributed by atoms with Crippen LogP contribution in [0.3, 0.4) is 0 Å². The van der Waals surface area contributed by atoms with Crippen molar-refractivity contribution in [3.8, 4) is 0 Å². The molecule has 1 aromatic carbocycles. The number of carboxylic acid groups (broad SMARTS) is 1. The van der Waals surface area contributed by atoms with Crippen LogP contribution in [0.1, 0.15) is 34.5 Å². The first kappa shape index (κ1) is 15.0. The van der Waals surface area contributed by atoms with Crippen LogP contribution in [0.5, 0.6) is 0 Å². The van der Waals surface area contributed by atoms with Crippen molar-refractivity contribution >= 4 is 28.9 Å². The van der Waals surface area contributed by atoms with Gasteiger partial charge in [0.25, 0.3) is 0 Å². The Labute approximate surface area is 127 Å². The maximum atomic E-state index is 10.8. The van der Waals surface area contributed by atoms with E-state index in [1.54, 1.807) is 12.1 Å². The minimum atomic E-state index is -0.897. The zero-order valence-corrected chi connectivity index (χ0v) is 12.9. The highest BCUT2D eigenvalue weighted by Crippen LogP contribution is 2.28. The molecule has 0 aliphatic heterocycles. The minimum absolute atomic E-state index is 0.262. The van der Waals surface area contributed by atoms with Crippen LogP contribution < -0.4 is 0 Å². The Morgan fingerprint density at radius 2 is 2.05 bits per heavy atom. The quantitative estimate of drug-likeness (QED) is 0.895. The summed E-state index contributed by atoms with van der Waals surface area (Å²) in [6.45, 7) is 2.89. The lowest BCUT2D eigenvalue weighted by molar-refractivity contribution is 0.0697. The Balaban J connectivity index is 2.03. The highest BCUT2D eigenvalue weighted by Gasteiger charge is 2.13. The first-order valence-electron chi connectivity index (χ1n) is 6.24. The van der Waals surface area contributed by atoms with E-state index in [1.165, 1.54) is 16.9 Å². The van der Waals surface area contributed by atoms with E-state index in [4.69, 9.17) is 16.7 Å². The van der Waals surface area contributed by atoms with Gasteiger partial charge >= 0.3 is 5.97 Å². The van der Waals surface area contributed by atoms with Crippen LogP contribution in [0.15, 0.2) is 35.7 Å². The predicted molar refractivity (Wildman–Crippen MR) is 82.6 cm³/mol. The van der Waals surface area contributed by atoms with E-state index >= 15 is 0 Å². The van der Waals surface area contributed by atoms with E-state index in [9.17, 15) is 4.79 Å². The lowest BCUT2D eigenvalue weighted by Gasteiger charge is -2.24. The molecule has 2 aromatic rings. The highest BCUT2D eigenvalue weighted by molar-refractivity contribution is 7.14. The Bertz CT molecular complexity index is 594. The summed E-state index contributed by atoms with van der Waals surface area (Å²) in [6, 6.07) is 9.23. The lowest BCUT2D eigenvalue weighted by Crippen LogP contribution is -2.21. The van der Waals surface area contributed by atoms with Gasteiger partial charge in [-0.25, -0.2) is 4.79 Å². The largest absolute Gasteiger partial charge is 0.478 e. The van der Waals surface area contributed by atoms with Gasteiger partial charge in [-0.1, -0.05) is 23.7 Å². The van der Waals surface area contributed by atoms with Crippen LogP contribution in [-0.4, -0.2) is 23.0 Å². The molecule has 0 radical (unpaired) electrons. The van der Waals surface area contributed by atoms with Crippen LogP contribution >= 0.6 is 22.9 Å². The first-order chi connectivity index (χ1) is 9.47. The fourth-order valence-electron chi connectivity index (χ4n) is 1.97. The zero-order chi connectivity index (χ0) is 14.7. The van der Waals surface area contributed by atoms with E-state index in [2.05, 4.69) is 17.2 Å². The number of hydrogen-bond donors (Lipinski definition) is 1. The molecule has 0 aliphatic rings. The van der Waals surface area contributed by atoms with Gasteiger partial charge in [0.05, 0.1) is 9.90 Å². The second-order valence-corrected chi connectivity index (χ2v) is 6.32. The van der Waals surface area contributed by atoms with Crippen molar-refractivity contribution < 1.29 is 9.90 Å². The summed E-state index contributed by atoms with van der Waals surface area (Å²) in [6.07, 6.45) is 0. The fourth-order valence-corrected chi connectivity index (χ4v) is 2.95. The molecule has 1 aromatic heterocycles. The molecule has 1 N–H and O–H groups in total. The van der Waals surface area contributed by atoms with Crippen molar-refractivity contribution in [2.24, 2.45) is 0 Å². The number of carbonyl (C=O) groups is 1. The maximum absolute atomic E-state index is 10.8. The first-order valence-corrected chi connectivity index (χ1v) is 7.49. The average Bonchev–Trinajstić information content (AvgIpc) is 2.85. The molecule has 0 amide bonds. The number of carboxylic acids is 1. The van der Waals surface area contributed by atoms with Crippen molar-refractivity contribution in [1.82, 2.24) is 4.90 Å². The van der Waals surface area contributed by atoms with Crippen molar-refractivity contribution in [2.45, 2.75) is 19.5 Å². The SMILES string of the molecule is CC(c1csc(Cl)c1)N(C)Cc1ccc(C(=O)O)cc1. The molecule has 0 saturated carbocycles. The molecule has 106 valence electrons. The summed E-state index contributed by atoms with van der Waals surface area (Å²) in [5.74, 6) is -0.897. The molecule has 0 bridgehead atoms. The van der Waals surface area contributed by atoms with Crippen LogP contribution in [0, 0.1) is 0 Å². The summed E-state index contributed by atoms with van der Waals surface area (Å²) >= 11 is 7.50. The summed E-state index contributed by atoms with van der Waals surface area (Å²) in [7, 11) is 2.04. The average molecular weight is 310 g/mol. The van der Waals surface area contributed by atoms with Crippen molar-refractivity contribution in [2.75, 3.05) is 7.05 Å². The van der Waals surface area contributed by atoms with Gasteiger partial charge in [-0.05, 0) is 48.7 Å². The third kappa shape index (κ3) is 3.60. The molecule has 1 heterocycles. The molecule has 5 heteroatoms. The normalized spacial score (nSPS) is 12.6. The molecule has 1 unspecified atom stereocenters. The Hall–Kier alpha value is -1.36. The molecule has 1 atom stereocenters. The van der Waals surface area contributed by atoms with Crippen LogP contribution in [0.25, 0.3) is 0 Å². The molecular weight excluding hydrogens is 294 g/mol. The van der Waals surface area contributed by atoms with Gasteiger partial charge in [-0.2, -0.15) is 0 Å². The third-order valence-corrected chi connectivity index (χ3v) is 4.47. The van der Waals surface area contributed by atoms with E-state index in [1.807, 2.05) is 25.2 Å². The number of rotatable bonds is 5. The summed E-state index contributed by atoms with van der Waals surface area (Å²) in [4.78, 5) is 13.0. The molecule has 0 spiro atoms. The third-order valence-electron chi connectivity index (χ3n) is 3.36. The van der Waals surface area contributed by atoms with Gasteiger partial charge in [-0.15, -0.1) is 11.3 Å². The second kappa shape index (κ2) is 6.39. The number of halogens is 1. The van der Waals surface area contributed by atoms with E-state index in [-0.39, 0.29) is 6.04 Å². The number of nitrogens with zero attached hydrogens (tertiary/aromatic N) is 1. The monoisotopic (exact) mass is 309 g/mol. The number of thiophene rings is 1. The van der Waals surface area contributed by atoms with Crippen molar-refractivity contribution in [3.63, 3.8) is 0 Å². The van der Waals surface area contributed by atoms with Gasteiger partial charge in [-0.3, -0.25) is 4.90 Å². The molecule has 3 nitrogen and oxygen atoms in total. The van der Waals surface area contributed by atoms with Gasteiger partial charge in [0, 0.05) is 12.6 Å². The lowest BCUT2D eigenvalue weighted by atomic mass is 10.1. The predicted octanol–water partition coefficient (Wildman–Crippen LogP) is 4.29. The second-order valence-electron chi connectivity index (χ2n) is 4.78. The molecule has 20 heavy (non-hydrogen) atoms. The van der Waals surface area contributed by atoms with Crippen LogP contribution in [0.2, 0.25) is 4.34 Å². The van der Waals surface area contributed by atoms with E-state index in [0.717, 1.165) is 16.4 Å². The van der Waals surface area contributed by atoms with Crippen molar-refractivity contribution in [3.05, 3.63) is 56.7 Å². The molecule has 0 saturated heterocycles. The van der Waals surface area contributed by atoms with Crippen LogP contribution in [0.4, 0.5) is 0 Å². The van der Waals surface area contributed by atoms with E-state index in [0.29, 0.717) is 5.56 Å². The van der Waals surface area contributed by atoms with E-state index < -0.39 is 5.97 Å². The van der Waals surface area contributed by atoms with Gasteiger partial charge in [0.1, 0.15) is 0 Å². The van der Waals surface area contributed by atoms with Crippen LogP contribution in [-0.2, 0) is 6.54 Å². The Kier molecular flexibility index (Phi) is 4.81. The summed E-state index contributed by atoms with van der Waals surface area (Å²) < 4.78 is 0.797. The summed E-state index contributed by atoms with van der Waals surface area (Å²) in [5, 5.41) is 10.9. The standard InChI is InChI=1S/C15H16ClNO2S/c1-10(13-7-14(16)20-9-13)17(2)8-11-3-5-12(6-4-11)15(18)19/h3-7,9-10H,8H2,1-2H3,(H,18,19). The molecular formula is C15H16ClNO2S. The van der Waals surface area contributed by atoms with Crippen molar-refractivity contribution in [1.29, 1.82) is 0 Å². The van der Waals surface area contributed by atoms with Gasteiger partial charge in [0.2, 0.25) is 0 Å². The molecule has 0 aliphatic carbocycles. The number of hydrogen-bond acceptors (Lipinski definition) is 3. The number of aromatic carboxylic acids is 1. The number of benzene rings is 1. The minimum Gasteiger partial charge on any atom is -0.478 e. The zero-order valence-electron chi connectivity index (χ0n) is 11.3. The molecule has 0 fully saturated rings. The smallest absolute Gasteiger partial charge is 0.335 e.